The van der Waals surface area contributed by atoms with Crippen molar-refractivity contribution >= 4 is 50.2 Å². The van der Waals surface area contributed by atoms with E-state index in [2.05, 4.69) is 26.2 Å². The van der Waals surface area contributed by atoms with Crippen molar-refractivity contribution in [1.29, 1.82) is 0 Å². The third-order valence-corrected chi connectivity index (χ3v) is 4.53. The van der Waals surface area contributed by atoms with Gasteiger partial charge >= 0.3 is 0 Å². The Bertz CT molecular complexity index is 1020. The van der Waals surface area contributed by atoms with Gasteiger partial charge in [0, 0.05) is 9.86 Å². The van der Waals surface area contributed by atoms with Gasteiger partial charge in [-0.1, -0.05) is 34.1 Å². The second kappa shape index (κ2) is 6.76. The zero-order chi connectivity index (χ0) is 18.1. The van der Waals surface area contributed by atoms with Crippen LogP contribution in [-0.4, -0.2) is 29.9 Å². The van der Waals surface area contributed by atoms with E-state index in [-0.39, 0.29) is 25.0 Å². The number of para-hydroxylation sites is 1. The predicted octanol–water partition coefficient (Wildman–Crippen LogP) is 3.36. The Morgan fingerprint density at radius 1 is 1.19 bits per heavy atom. The summed E-state index contributed by atoms with van der Waals surface area (Å²) in [6, 6.07) is 16.6. The highest BCUT2D eigenvalue weighted by Gasteiger charge is 2.27. The average Bonchev–Trinajstić information content (AvgIpc) is 2.64. The number of fused-ring (bicyclic) bond motifs is 2. The molecule has 1 aliphatic rings. The number of benzene rings is 2. The number of nitrogens with zero attached hydrogens (tertiary/aromatic N) is 2. The van der Waals surface area contributed by atoms with Crippen LogP contribution >= 0.6 is 15.9 Å². The molecule has 3 aromatic rings. The summed E-state index contributed by atoms with van der Waals surface area (Å²) < 4.78 is 6.27. The maximum absolute atomic E-state index is 12.4. The molecule has 0 fully saturated rings. The average molecular weight is 412 g/mol. The van der Waals surface area contributed by atoms with Crippen molar-refractivity contribution in [3.63, 3.8) is 0 Å². The first-order chi connectivity index (χ1) is 12.6. The van der Waals surface area contributed by atoms with E-state index in [1.165, 1.54) is 4.90 Å². The summed E-state index contributed by atoms with van der Waals surface area (Å²) in [5, 5.41) is 3.74. The highest BCUT2D eigenvalue weighted by Crippen LogP contribution is 2.34. The molecule has 2 heterocycles. The van der Waals surface area contributed by atoms with Gasteiger partial charge in [0.1, 0.15) is 18.1 Å². The van der Waals surface area contributed by atoms with E-state index in [1.54, 1.807) is 24.3 Å². The van der Waals surface area contributed by atoms with E-state index in [0.717, 1.165) is 15.4 Å². The molecule has 0 saturated heterocycles. The molecule has 1 aliphatic heterocycles. The molecule has 130 valence electrons. The van der Waals surface area contributed by atoms with Crippen molar-refractivity contribution in [2.75, 3.05) is 23.4 Å². The highest BCUT2D eigenvalue weighted by molar-refractivity contribution is 9.10. The van der Waals surface area contributed by atoms with Crippen molar-refractivity contribution < 1.29 is 14.3 Å². The van der Waals surface area contributed by atoms with Gasteiger partial charge in [-0.05, 0) is 36.4 Å². The SMILES string of the molecule is O=C(CN1C(=O)COc2cc(Br)ccc21)Nc1ccc2ccccc2n1. The second-order valence-corrected chi connectivity index (χ2v) is 6.73. The summed E-state index contributed by atoms with van der Waals surface area (Å²) in [4.78, 5) is 30.5. The van der Waals surface area contributed by atoms with Crippen LogP contribution in [0.1, 0.15) is 0 Å². The fourth-order valence-electron chi connectivity index (χ4n) is 2.81. The maximum atomic E-state index is 12.4. The third kappa shape index (κ3) is 3.25. The number of hydrogen-bond acceptors (Lipinski definition) is 4. The Morgan fingerprint density at radius 3 is 2.92 bits per heavy atom. The molecule has 6 nitrogen and oxygen atoms in total. The van der Waals surface area contributed by atoms with Gasteiger partial charge in [0.05, 0.1) is 11.2 Å². The third-order valence-electron chi connectivity index (χ3n) is 4.03. The van der Waals surface area contributed by atoms with Gasteiger partial charge in [-0.25, -0.2) is 4.98 Å². The standard InChI is InChI=1S/C19H14BrN3O3/c20-13-6-7-15-16(9-13)26-11-19(25)23(15)10-18(24)22-17-8-5-12-3-1-2-4-14(12)21-17/h1-9H,10-11H2,(H,21,22,24). The fraction of sp³-hybridized carbons (Fsp3) is 0.105. The minimum absolute atomic E-state index is 0.0923. The lowest BCUT2D eigenvalue weighted by molar-refractivity contribution is -0.123. The summed E-state index contributed by atoms with van der Waals surface area (Å²) in [6.45, 7) is -0.198. The van der Waals surface area contributed by atoms with Gasteiger partial charge in [0.2, 0.25) is 5.91 Å². The van der Waals surface area contributed by atoms with Crippen molar-refractivity contribution in [3.05, 3.63) is 59.1 Å². The molecule has 0 saturated carbocycles. The lowest BCUT2D eigenvalue weighted by Crippen LogP contribution is -2.43. The van der Waals surface area contributed by atoms with Gasteiger partial charge in [-0.15, -0.1) is 0 Å². The zero-order valence-corrected chi connectivity index (χ0v) is 15.2. The molecule has 1 N–H and O–H groups in total. The summed E-state index contributed by atoms with van der Waals surface area (Å²) >= 11 is 3.37. The Hall–Kier alpha value is -2.93. The van der Waals surface area contributed by atoms with Crippen LogP contribution in [0.2, 0.25) is 0 Å². The van der Waals surface area contributed by atoms with Crippen molar-refractivity contribution in [2.45, 2.75) is 0 Å². The number of carbonyl (C=O) groups is 2. The minimum Gasteiger partial charge on any atom is -0.482 e. The molecule has 2 aromatic carbocycles. The number of pyridine rings is 1. The van der Waals surface area contributed by atoms with Crippen LogP contribution in [-0.2, 0) is 9.59 Å². The lowest BCUT2D eigenvalue weighted by Gasteiger charge is -2.28. The lowest BCUT2D eigenvalue weighted by atomic mass is 10.2. The highest BCUT2D eigenvalue weighted by atomic mass is 79.9. The van der Waals surface area contributed by atoms with Crippen LogP contribution < -0.4 is 15.0 Å². The first-order valence-electron chi connectivity index (χ1n) is 7.98. The van der Waals surface area contributed by atoms with Gasteiger partial charge in [0.25, 0.3) is 5.91 Å². The summed E-state index contributed by atoms with van der Waals surface area (Å²) in [7, 11) is 0. The number of nitrogens with one attached hydrogen (secondary N) is 1. The molecule has 0 spiro atoms. The van der Waals surface area contributed by atoms with Crippen LogP contribution in [0.5, 0.6) is 5.75 Å². The van der Waals surface area contributed by atoms with E-state index < -0.39 is 0 Å². The fourth-order valence-corrected chi connectivity index (χ4v) is 3.15. The molecule has 7 heteroatoms. The normalized spacial score (nSPS) is 13.3. The van der Waals surface area contributed by atoms with Gasteiger partial charge in [-0.3, -0.25) is 14.5 Å². The van der Waals surface area contributed by atoms with Crippen LogP contribution in [0.4, 0.5) is 11.5 Å². The van der Waals surface area contributed by atoms with Crippen molar-refractivity contribution in [1.82, 2.24) is 4.98 Å². The first-order valence-corrected chi connectivity index (χ1v) is 8.78. The second-order valence-electron chi connectivity index (χ2n) is 5.82. The number of rotatable bonds is 3. The van der Waals surface area contributed by atoms with E-state index in [0.29, 0.717) is 17.3 Å². The molecule has 0 unspecified atom stereocenters. The first kappa shape index (κ1) is 16.5. The molecule has 1 aromatic heterocycles. The monoisotopic (exact) mass is 411 g/mol. The van der Waals surface area contributed by atoms with Crippen LogP contribution in [0.3, 0.4) is 0 Å². The number of ether oxygens (including phenoxy) is 1. The van der Waals surface area contributed by atoms with Crippen LogP contribution in [0.15, 0.2) is 59.1 Å². The number of hydrogen-bond donors (Lipinski definition) is 1. The quantitative estimate of drug-likeness (QED) is 0.716. The van der Waals surface area contributed by atoms with E-state index in [4.69, 9.17) is 4.74 Å². The maximum Gasteiger partial charge on any atom is 0.265 e. The molecule has 2 amide bonds. The Balaban J connectivity index is 1.53. The zero-order valence-electron chi connectivity index (χ0n) is 13.6. The molecule has 0 bridgehead atoms. The largest absolute Gasteiger partial charge is 0.482 e. The number of amides is 2. The van der Waals surface area contributed by atoms with Gasteiger partial charge in [-0.2, -0.15) is 0 Å². The Morgan fingerprint density at radius 2 is 2.04 bits per heavy atom. The minimum atomic E-state index is -0.322. The molecule has 26 heavy (non-hydrogen) atoms. The van der Waals surface area contributed by atoms with Crippen molar-refractivity contribution in [2.24, 2.45) is 0 Å². The molecular weight excluding hydrogens is 398 g/mol. The Kier molecular flexibility index (Phi) is 4.30. The number of carbonyl (C=O) groups excluding carboxylic acids is 2. The van der Waals surface area contributed by atoms with Gasteiger partial charge in [0.15, 0.2) is 6.61 Å². The van der Waals surface area contributed by atoms with E-state index in [1.807, 2.05) is 30.3 Å². The molecule has 0 atom stereocenters. The summed E-state index contributed by atoms with van der Waals surface area (Å²) in [6.07, 6.45) is 0. The smallest absolute Gasteiger partial charge is 0.265 e. The Labute approximate surface area is 157 Å². The van der Waals surface area contributed by atoms with Crippen LogP contribution in [0.25, 0.3) is 10.9 Å². The summed E-state index contributed by atoms with van der Waals surface area (Å²) in [5.41, 5.74) is 1.37. The summed E-state index contributed by atoms with van der Waals surface area (Å²) in [5.74, 6) is 0.430. The van der Waals surface area contributed by atoms with Crippen LogP contribution in [0, 0.1) is 0 Å². The molecule has 0 aliphatic carbocycles. The van der Waals surface area contributed by atoms with E-state index in [9.17, 15) is 9.59 Å². The molecule has 4 rings (SSSR count). The van der Waals surface area contributed by atoms with E-state index >= 15 is 0 Å². The van der Waals surface area contributed by atoms with Crippen molar-refractivity contribution in [3.8, 4) is 5.75 Å². The predicted molar refractivity (Wildman–Crippen MR) is 102 cm³/mol. The molecular formula is C19H14BrN3O3. The topological polar surface area (TPSA) is 71.5 Å². The van der Waals surface area contributed by atoms with Gasteiger partial charge < -0.3 is 10.1 Å². The number of halogens is 1. The number of aromatic nitrogens is 1. The molecule has 0 radical (unpaired) electrons. The number of anilines is 2.